The highest BCUT2D eigenvalue weighted by Gasteiger charge is 2.08. The topological polar surface area (TPSA) is 0 Å². The normalized spacial score (nSPS) is 16.2. The number of alkyl halides is 1. The Morgan fingerprint density at radius 3 is 2.15 bits per heavy atom. The summed E-state index contributed by atoms with van der Waals surface area (Å²) in [6.45, 7) is 9.20. The molecule has 2 unspecified atom stereocenters. The molecule has 0 aliphatic carbocycles. The molecule has 0 radical (unpaired) electrons. The first kappa shape index (κ1) is 13.6. The molecule has 0 saturated carbocycles. The smallest absolute Gasteiger partial charge is 0.0225 e. The van der Waals surface area contributed by atoms with Gasteiger partial charge in [-0.1, -0.05) is 27.7 Å². The van der Waals surface area contributed by atoms with Gasteiger partial charge in [-0.25, -0.2) is 0 Å². The van der Waals surface area contributed by atoms with Gasteiger partial charge in [0.05, 0.1) is 0 Å². The fraction of sp³-hybridized carbons (Fsp3) is 1.00. The van der Waals surface area contributed by atoms with Crippen LogP contribution in [0.3, 0.4) is 0 Å². The van der Waals surface area contributed by atoms with E-state index >= 15 is 0 Å². The van der Waals surface area contributed by atoms with Crippen LogP contribution in [0.25, 0.3) is 0 Å². The lowest BCUT2D eigenvalue weighted by molar-refractivity contribution is 0.550. The highest BCUT2D eigenvalue weighted by molar-refractivity contribution is 7.99. The number of halogens is 1. The monoisotopic (exact) mass is 222 g/mol. The van der Waals surface area contributed by atoms with E-state index in [1.165, 1.54) is 12.2 Å². The molecule has 0 aliphatic rings. The van der Waals surface area contributed by atoms with E-state index in [1.54, 1.807) is 0 Å². The minimum atomic E-state index is 0.795. The Morgan fingerprint density at radius 2 is 1.69 bits per heavy atom. The largest absolute Gasteiger partial charge is 0.159 e. The third-order valence-electron chi connectivity index (χ3n) is 2.53. The second kappa shape index (κ2) is 7.99. The van der Waals surface area contributed by atoms with Crippen LogP contribution in [-0.4, -0.2) is 16.9 Å². The van der Waals surface area contributed by atoms with Crippen molar-refractivity contribution in [3.8, 4) is 0 Å². The molecule has 0 nitrogen and oxygen atoms in total. The molecule has 0 aromatic carbocycles. The van der Waals surface area contributed by atoms with Crippen LogP contribution in [0, 0.1) is 11.8 Å². The van der Waals surface area contributed by atoms with E-state index in [9.17, 15) is 0 Å². The summed E-state index contributed by atoms with van der Waals surface area (Å²) < 4.78 is 0. The first-order valence-corrected chi connectivity index (χ1v) is 6.83. The standard InChI is InChI=1S/C11H23ClS/c1-9(2)11(4)13-8-6-10(3)5-7-12/h9-11H,5-8H2,1-4H3. The second-order valence-electron chi connectivity index (χ2n) is 4.19. The maximum absolute atomic E-state index is 5.68. The zero-order chi connectivity index (χ0) is 10.3. The molecule has 0 aromatic heterocycles. The first-order valence-electron chi connectivity index (χ1n) is 5.25. The molecule has 0 rings (SSSR count). The summed E-state index contributed by atoms with van der Waals surface area (Å²) in [7, 11) is 0. The van der Waals surface area contributed by atoms with Gasteiger partial charge in [-0.2, -0.15) is 11.8 Å². The molecule has 0 N–H and O–H groups in total. The van der Waals surface area contributed by atoms with Gasteiger partial charge in [0.25, 0.3) is 0 Å². The average molecular weight is 223 g/mol. The van der Waals surface area contributed by atoms with E-state index in [4.69, 9.17) is 11.6 Å². The Kier molecular flexibility index (Phi) is 8.38. The van der Waals surface area contributed by atoms with Gasteiger partial charge in [-0.05, 0) is 30.4 Å². The maximum Gasteiger partial charge on any atom is 0.0225 e. The molecule has 0 fully saturated rings. The number of thioether (sulfide) groups is 1. The predicted molar refractivity (Wildman–Crippen MR) is 65.9 cm³/mol. The molecule has 0 aliphatic heterocycles. The Hall–Kier alpha value is 0.640. The van der Waals surface area contributed by atoms with Gasteiger partial charge in [0.2, 0.25) is 0 Å². The minimum Gasteiger partial charge on any atom is -0.159 e. The summed E-state index contributed by atoms with van der Waals surface area (Å²) in [5, 5.41) is 0.795. The molecule has 13 heavy (non-hydrogen) atoms. The molecule has 2 heteroatoms. The summed E-state index contributed by atoms with van der Waals surface area (Å²) in [4.78, 5) is 0. The minimum absolute atomic E-state index is 0.795. The number of hydrogen-bond donors (Lipinski definition) is 0. The highest BCUT2D eigenvalue weighted by Crippen LogP contribution is 2.21. The van der Waals surface area contributed by atoms with Crippen molar-refractivity contribution in [2.45, 2.75) is 45.8 Å². The van der Waals surface area contributed by atoms with Gasteiger partial charge >= 0.3 is 0 Å². The second-order valence-corrected chi connectivity index (χ2v) is 6.05. The Balaban J connectivity index is 3.33. The Bertz CT molecular complexity index is 115. The summed E-state index contributed by atoms with van der Waals surface area (Å²) in [5.74, 6) is 3.70. The third kappa shape index (κ3) is 7.69. The van der Waals surface area contributed by atoms with Crippen molar-refractivity contribution in [2.24, 2.45) is 11.8 Å². The molecule has 0 bridgehead atoms. The van der Waals surface area contributed by atoms with Crippen molar-refractivity contribution in [1.29, 1.82) is 0 Å². The molecule has 0 aromatic rings. The molecule has 0 saturated heterocycles. The van der Waals surface area contributed by atoms with Crippen LogP contribution in [0.4, 0.5) is 0 Å². The van der Waals surface area contributed by atoms with Gasteiger partial charge in [-0.15, -0.1) is 11.6 Å². The molecule has 0 heterocycles. The summed E-state index contributed by atoms with van der Waals surface area (Å²) in [5.41, 5.74) is 0. The lowest BCUT2D eigenvalue weighted by Crippen LogP contribution is -2.07. The zero-order valence-electron chi connectivity index (χ0n) is 9.35. The van der Waals surface area contributed by atoms with Crippen LogP contribution in [0.15, 0.2) is 0 Å². The van der Waals surface area contributed by atoms with Gasteiger partial charge in [0.1, 0.15) is 0 Å². The van der Waals surface area contributed by atoms with Gasteiger partial charge in [0.15, 0.2) is 0 Å². The van der Waals surface area contributed by atoms with E-state index in [2.05, 4.69) is 39.5 Å². The summed E-state index contributed by atoms with van der Waals surface area (Å²) in [6, 6.07) is 0. The van der Waals surface area contributed by atoms with Crippen molar-refractivity contribution in [1.82, 2.24) is 0 Å². The molecule has 0 amide bonds. The van der Waals surface area contributed by atoms with Crippen LogP contribution >= 0.6 is 23.4 Å². The number of hydrogen-bond acceptors (Lipinski definition) is 1. The van der Waals surface area contributed by atoms with Crippen LogP contribution < -0.4 is 0 Å². The van der Waals surface area contributed by atoms with Crippen molar-refractivity contribution in [2.75, 3.05) is 11.6 Å². The van der Waals surface area contributed by atoms with Gasteiger partial charge < -0.3 is 0 Å². The van der Waals surface area contributed by atoms with E-state index in [1.807, 2.05) is 0 Å². The molecular formula is C11H23ClS. The van der Waals surface area contributed by atoms with E-state index in [0.717, 1.165) is 29.4 Å². The zero-order valence-corrected chi connectivity index (χ0v) is 10.9. The number of rotatable bonds is 7. The fourth-order valence-corrected chi connectivity index (χ4v) is 2.65. The molecule has 80 valence electrons. The van der Waals surface area contributed by atoms with Crippen LogP contribution in [0.1, 0.15) is 40.5 Å². The van der Waals surface area contributed by atoms with Gasteiger partial charge in [-0.3, -0.25) is 0 Å². The highest BCUT2D eigenvalue weighted by atomic mass is 35.5. The van der Waals surface area contributed by atoms with Crippen molar-refractivity contribution in [3.63, 3.8) is 0 Å². The average Bonchev–Trinajstić information content (AvgIpc) is 2.04. The summed E-state index contributed by atoms with van der Waals surface area (Å²) in [6.07, 6.45) is 2.48. The quantitative estimate of drug-likeness (QED) is 0.575. The predicted octanol–water partition coefficient (Wildman–Crippen LogP) is 4.42. The molecule has 2 atom stereocenters. The van der Waals surface area contributed by atoms with E-state index in [0.29, 0.717) is 0 Å². The Labute approximate surface area is 92.8 Å². The molecular weight excluding hydrogens is 200 g/mol. The van der Waals surface area contributed by atoms with Crippen LogP contribution in [0.5, 0.6) is 0 Å². The van der Waals surface area contributed by atoms with Crippen molar-refractivity contribution < 1.29 is 0 Å². The SMILES string of the molecule is CC(CCCl)CCSC(C)C(C)C. The summed E-state index contributed by atoms with van der Waals surface area (Å²) >= 11 is 7.78. The fourth-order valence-electron chi connectivity index (χ4n) is 0.978. The van der Waals surface area contributed by atoms with Gasteiger partial charge in [0, 0.05) is 11.1 Å². The van der Waals surface area contributed by atoms with Crippen LogP contribution in [0.2, 0.25) is 0 Å². The van der Waals surface area contributed by atoms with Crippen LogP contribution in [-0.2, 0) is 0 Å². The lowest BCUT2D eigenvalue weighted by Gasteiger charge is -2.16. The van der Waals surface area contributed by atoms with Crippen molar-refractivity contribution >= 4 is 23.4 Å². The maximum atomic E-state index is 5.68. The van der Waals surface area contributed by atoms with E-state index in [-0.39, 0.29) is 0 Å². The third-order valence-corrected chi connectivity index (χ3v) is 4.29. The van der Waals surface area contributed by atoms with Crippen molar-refractivity contribution in [3.05, 3.63) is 0 Å². The first-order chi connectivity index (χ1) is 6.07. The van der Waals surface area contributed by atoms with E-state index < -0.39 is 0 Å². The molecule has 0 spiro atoms. The Morgan fingerprint density at radius 1 is 1.08 bits per heavy atom. The lowest BCUT2D eigenvalue weighted by atomic mass is 10.1.